The van der Waals surface area contributed by atoms with E-state index in [2.05, 4.69) is 38.0 Å². The Morgan fingerprint density at radius 2 is 1.00 bits per heavy atom. The predicted octanol–water partition coefficient (Wildman–Crippen LogP) is 0.591. The maximum atomic E-state index is 4.50. The lowest BCUT2D eigenvalue weighted by Gasteiger charge is -1.90. The molecule has 0 spiro atoms. The van der Waals surface area contributed by atoms with Crippen molar-refractivity contribution in [1.29, 1.82) is 0 Å². The fourth-order valence-corrected chi connectivity index (χ4v) is 0. The maximum Gasteiger partial charge on any atom is -0.0195 e. The molecule has 0 aromatic carbocycles. The molecule has 0 aliphatic rings. The summed E-state index contributed by atoms with van der Waals surface area (Å²) >= 11 is 0. The van der Waals surface area contributed by atoms with E-state index in [0.717, 1.165) is 12.3 Å². The molecule has 0 rings (SSSR count). The quantitative estimate of drug-likeness (QED) is 0.531. The number of hydrogen-bond acceptors (Lipinski definition) is 3. The van der Waals surface area contributed by atoms with Gasteiger partial charge < -0.3 is 17.2 Å². The average molecular weight is 164 g/mol. The number of nitrogens with two attached hydrogens (primary N) is 3. The molecule has 0 unspecified atom stereocenters. The molecule has 0 aromatic rings. The zero-order valence-corrected chi connectivity index (χ0v) is 8.72. The average Bonchev–Trinajstić information content (AvgIpc) is 2.15. The molecule has 0 aliphatic carbocycles. The Labute approximate surface area is 72.3 Å². The predicted molar refractivity (Wildman–Crippen MR) is 55.1 cm³/mol. The fraction of sp³-hybridized carbons (Fsp3) is 0.875. The highest BCUT2D eigenvalue weighted by Gasteiger charge is 1.80. The molecule has 6 N–H and O–H groups in total. The molecule has 3 heteroatoms. The highest BCUT2D eigenvalue weighted by molar-refractivity contribution is 4.42. The van der Waals surface area contributed by atoms with E-state index in [-0.39, 0.29) is 0 Å². The van der Waals surface area contributed by atoms with Crippen molar-refractivity contribution in [2.45, 2.75) is 20.3 Å². The summed E-state index contributed by atoms with van der Waals surface area (Å²) in [5.41, 5.74) is 13.5. The Morgan fingerprint density at radius 3 is 1.00 bits per heavy atom. The molecule has 0 atom stereocenters. The molecule has 1 radical (unpaired) electrons. The van der Waals surface area contributed by atoms with Crippen LogP contribution < -0.4 is 17.2 Å². The third-order valence-electron chi connectivity index (χ3n) is 0.577. The molecule has 11 heavy (non-hydrogen) atoms. The highest BCUT2D eigenvalue weighted by Crippen LogP contribution is 1.93. The van der Waals surface area contributed by atoms with Gasteiger partial charge in [0.1, 0.15) is 0 Å². The summed E-state index contributed by atoms with van der Waals surface area (Å²) in [5, 5.41) is 0. The maximum absolute atomic E-state index is 4.50. The Balaban J connectivity index is -0.0000000350. The topological polar surface area (TPSA) is 78.1 Å². The third-order valence-corrected chi connectivity index (χ3v) is 0.577. The van der Waals surface area contributed by atoms with Crippen molar-refractivity contribution in [1.82, 2.24) is 0 Å². The van der Waals surface area contributed by atoms with Crippen molar-refractivity contribution in [3.63, 3.8) is 0 Å². The molecular weight excluding hydrogens is 138 g/mol. The van der Waals surface area contributed by atoms with Gasteiger partial charge in [-0.05, 0) is 27.1 Å². The van der Waals surface area contributed by atoms with Gasteiger partial charge in [0.05, 0.1) is 0 Å². The molecule has 0 saturated heterocycles. The van der Waals surface area contributed by atoms with Crippen LogP contribution in [-0.4, -0.2) is 21.1 Å². The van der Waals surface area contributed by atoms with Gasteiger partial charge in [-0.25, -0.2) is 0 Å². The first-order valence-corrected chi connectivity index (χ1v) is 3.79. The second kappa shape index (κ2) is 51.8. The third kappa shape index (κ3) is 174. The van der Waals surface area contributed by atoms with Crippen molar-refractivity contribution in [3.8, 4) is 0 Å². The van der Waals surface area contributed by atoms with Gasteiger partial charge in [0.2, 0.25) is 0 Å². The summed E-state index contributed by atoms with van der Waals surface area (Å²) in [7, 11) is 4.50. The van der Waals surface area contributed by atoms with Gasteiger partial charge in [0, 0.05) is 0 Å². The van der Waals surface area contributed by atoms with Crippen LogP contribution in [0.3, 0.4) is 0 Å². The van der Waals surface area contributed by atoms with Crippen LogP contribution in [0.1, 0.15) is 20.3 Å². The summed E-state index contributed by atoms with van der Waals surface area (Å²) in [6.45, 7) is 8.00. The van der Waals surface area contributed by atoms with Gasteiger partial charge in [-0.3, -0.25) is 0 Å². The van der Waals surface area contributed by atoms with E-state index in [1.54, 1.807) is 0 Å². The Hall–Kier alpha value is -0.120. The van der Waals surface area contributed by atoms with Gasteiger partial charge in [-0.15, -0.1) is 0 Å². The van der Waals surface area contributed by atoms with Gasteiger partial charge in [-0.2, -0.15) is 0 Å². The molecule has 0 saturated carbocycles. The van der Waals surface area contributed by atoms with E-state index in [0.29, 0.717) is 0 Å². The van der Waals surface area contributed by atoms with Crippen LogP contribution >= 0.6 is 0 Å². The largest absolute Gasteiger partial charge is 0.333 e. The first kappa shape index (κ1) is 22.4. The van der Waals surface area contributed by atoms with E-state index < -0.39 is 0 Å². The van der Waals surface area contributed by atoms with E-state index in [1.165, 1.54) is 21.1 Å². The van der Waals surface area contributed by atoms with Crippen molar-refractivity contribution in [2.24, 2.45) is 23.1 Å². The molecule has 3 nitrogen and oxygen atoms in total. The van der Waals surface area contributed by atoms with E-state index in [1.807, 2.05) is 0 Å². The van der Waals surface area contributed by atoms with E-state index >= 15 is 0 Å². The smallest absolute Gasteiger partial charge is 0.0195 e. The van der Waals surface area contributed by atoms with Crippen molar-refractivity contribution in [2.75, 3.05) is 21.1 Å². The first-order chi connectivity index (χ1) is 5.27. The second-order valence-electron chi connectivity index (χ2n) is 1.68. The lowest BCUT2D eigenvalue weighted by molar-refractivity contribution is 0.661. The zero-order chi connectivity index (χ0) is 10.3. The Morgan fingerprint density at radius 1 is 0.909 bits per heavy atom. The molecule has 0 amide bonds. The summed E-state index contributed by atoms with van der Waals surface area (Å²) in [4.78, 5) is 0. The minimum atomic E-state index is 0.773. The van der Waals surface area contributed by atoms with Gasteiger partial charge in [0.15, 0.2) is 0 Å². The monoisotopic (exact) mass is 164 g/mol. The zero-order valence-electron chi connectivity index (χ0n) is 8.72. The number of hydrogen-bond donors (Lipinski definition) is 3. The van der Waals surface area contributed by atoms with Crippen LogP contribution in [0.25, 0.3) is 0 Å². The Bertz CT molecular complexity index is 23.3. The van der Waals surface area contributed by atoms with E-state index in [4.69, 9.17) is 0 Å². The standard InChI is InChI=1S/C5H11.3CH5N/c1-4-5(2)3;3*1-2/h5H,1,4H2,2-3H3;3*2H2,1H3. The lowest BCUT2D eigenvalue weighted by Crippen LogP contribution is -1.77. The van der Waals surface area contributed by atoms with Crippen LogP contribution in [0.2, 0.25) is 0 Å². The lowest BCUT2D eigenvalue weighted by atomic mass is 10.2. The highest BCUT2D eigenvalue weighted by atomic mass is 14.4. The second-order valence-corrected chi connectivity index (χ2v) is 1.68. The molecule has 0 aromatic heterocycles. The molecule has 0 aliphatic heterocycles. The fourth-order valence-electron chi connectivity index (χ4n) is 0. The number of rotatable bonds is 1. The van der Waals surface area contributed by atoms with Crippen LogP contribution in [0.15, 0.2) is 0 Å². The summed E-state index contributed by atoms with van der Waals surface area (Å²) in [5.74, 6) is 0.773. The van der Waals surface area contributed by atoms with Crippen LogP contribution in [0.5, 0.6) is 0 Å². The van der Waals surface area contributed by atoms with Gasteiger partial charge >= 0.3 is 0 Å². The van der Waals surface area contributed by atoms with Gasteiger partial charge in [0.25, 0.3) is 0 Å². The molecular formula is C8H26N3. The summed E-state index contributed by atoms with van der Waals surface area (Å²) < 4.78 is 0. The minimum absolute atomic E-state index is 0.773. The summed E-state index contributed by atoms with van der Waals surface area (Å²) in [6.07, 6.45) is 1.06. The normalized spacial score (nSPS) is 6.00. The van der Waals surface area contributed by atoms with Crippen molar-refractivity contribution in [3.05, 3.63) is 6.92 Å². The van der Waals surface area contributed by atoms with Crippen LogP contribution in [0.4, 0.5) is 0 Å². The molecule has 0 fully saturated rings. The minimum Gasteiger partial charge on any atom is -0.333 e. The summed E-state index contributed by atoms with van der Waals surface area (Å²) in [6, 6.07) is 0. The van der Waals surface area contributed by atoms with E-state index in [9.17, 15) is 0 Å². The molecule has 0 heterocycles. The first-order valence-electron chi connectivity index (χ1n) is 3.79. The Kier molecular flexibility index (Phi) is 106. The molecule has 73 valence electrons. The van der Waals surface area contributed by atoms with Crippen molar-refractivity contribution >= 4 is 0 Å². The van der Waals surface area contributed by atoms with Crippen LogP contribution in [-0.2, 0) is 0 Å². The SMILES string of the molecule is CN.CN.CN.[CH2]CC(C)C. The van der Waals surface area contributed by atoms with Crippen molar-refractivity contribution < 1.29 is 0 Å². The van der Waals surface area contributed by atoms with Crippen LogP contribution in [0, 0.1) is 12.8 Å². The van der Waals surface area contributed by atoms with Gasteiger partial charge in [-0.1, -0.05) is 27.2 Å². The molecule has 0 bridgehead atoms.